The lowest BCUT2D eigenvalue weighted by Gasteiger charge is -2.38. The molecule has 2 fully saturated rings. The summed E-state index contributed by atoms with van der Waals surface area (Å²) in [4.78, 5) is 1.41. The van der Waals surface area contributed by atoms with Gasteiger partial charge in [0.25, 0.3) is 0 Å². The molecule has 1 aliphatic carbocycles. The van der Waals surface area contributed by atoms with E-state index in [1.54, 1.807) is 0 Å². The predicted octanol–water partition coefficient (Wildman–Crippen LogP) is 4.09. The summed E-state index contributed by atoms with van der Waals surface area (Å²) >= 11 is 5.34. The van der Waals surface area contributed by atoms with E-state index in [0.29, 0.717) is 6.04 Å². The molecule has 1 aromatic rings. The van der Waals surface area contributed by atoms with Crippen molar-refractivity contribution in [2.24, 2.45) is 0 Å². The summed E-state index contributed by atoms with van der Waals surface area (Å²) in [5, 5.41) is 3.71. The monoisotopic (exact) mass is 329 g/mol. The minimum absolute atomic E-state index is 0.228. The van der Waals surface area contributed by atoms with E-state index in [4.69, 9.17) is 4.74 Å². The first-order valence-corrected chi connectivity index (χ1v) is 8.48. The Morgan fingerprint density at radius 1 is 1.39 bits per heavy atom. The van der Waals surface area contributed by atoms with Crippen molar-refractivity contribution in [3.05, 3.63) is 20.8 Å². The molecule has 2 heterocycles. The Hall–Kier alpha value is 0.1000. The van der Waals surface area contributed by atoms with Crippen LogP contribution in [0.3, 0.4) is 0 Å². The quantitative estimate of drug-likeness (QED) is 0.901. The molecule has 1 saturated carbocycles. The van der Waals surface area contributed by atoms with Gasteiger partial charge < -0.3 is 10.1 Å². The van der Waals surface area contributed by atoms with Crippen molar-refractivity contribution in [2.75, 3.05) is 6.61 Å². The van der Waals surface area contributed by atoms with Gasteiger partial charge in [-0.15, -0.1) is 11.3 Å². The van der Waals surface area contributed by atoms with E-state index in [0.717, 1.165) is 19.6 Å². The molecule has 100 valence electrons. The van der Waals surface area contributed by atoms with Crippen LogP contribution in [-0.2, 0) is 11.3 Å². The van der Waals surface area contributed by atoms with Gasteiger partial charge in [-0.05, 0) is 53.7 Å². The smallest absolute Gasteiger partial charge is 0.0701 e. The lowest BCUT2D eigenvalue weighted by Crippen LogP contribution is -2.45. The number of rotatable bonds is 3. The second kappa shape index (κ2) is 5.61. The number of hydrogen-bond acceptors (Lipinski definition) is 3. The zero-order chi connectivity index (χ0) is 12.4. The summed E-state index contributed by atoms with van der Waals surface area (Å²) in [6, 6.07) is 4.97. The SMILES string of the molecule is Brc1ccc(CNC2CCOC3(CCCC3)C2)s1. The molecule has 1 unspecified atom stereocenters. The Labute approximate surface area is 121 Å². The van der Waals surface area contributed by atoms with Crippen LogP contribution in [0.5, 0.6) is 0 Å². The van der Waals surface area contributed by atoms with Gasteiger partial charge in [-0.2, -0.15) is 0 Å². The average Bonchev–Trinajstić information content (AvgIpc) is 2.97. The highest BCUT2D eigenvalue weighted by atomic mass is 79.9. The minimum atomic E-state index is 0.228. The van der Waals surface area contributed by atoms with Crippen LogP contribution in [0.25, 0.3) is 0 Å². The van der Waals surface area contributed by atoms with E-state index < -0.39 is 0 Å². The first-order valence-electron chi connectivity index (χ1n) is 6.87. The van der Waals surface area contributed by atoms with Gasteiger partial charge in [0, 0.05) is 24.1 Å². The zero-order valence-electron chi connectivity index (χ0n) is 10.6. The van der Waals surface area contributed by atoms with Crippen molar-refractivity contribution in [2.45, 2.75) is 56.7 Å². The summed E-state index contributed by atoms with van der Waals surface area (Å²) in [5.74, 6) is 0. The fraction of sp³-hybridized carbons (Fsp3) is 0.714. The molecule has 1 spiro atoms. The van der Waals surface area contributed by atoms with Crippen LogP contribution in [-0.4, -0.2) is 18.2 Å². The number of ether oxygens (including phenoxy) is 1. The van der Waals surface area contributed by atoms with Crippen LogP contribution in [0.1, 0.15) is 43.4 Å². The lowest BCUT2D eigenvalue weighted by atomic mass is 9.89. The van der Waals surface area contributed by atoms with E-state index in [1.807, 2.05) is 11.3 Å². The largest absolute Gasteiger partial charge is 0.375 e. The van der Waals surface area contributed by atoms with Gasteiger partial charge in [0.05, 0.1) is 9.39 Å². The van der Waals surface area contributed by atoms with Gasteiger partial charge in [-0.1, -0.05) is 12.8 Å². The standard InChI is InChI=1S/C14H20BrNOS/c15-13-4-3-12(18-13)10-16-11-5-8-17-14(9-11)6-1-2-7-14/h3-4,11,16H,1-2,5-10H2. The number of thiophene rings is 1. The van der Waals surface area contributed by atoms with Crippen molar-refractivity contribution in [1.82, 2.24) is 5.32 Å². The molecule has 18 heavy (non-hydrogen) atoms. The minimum Gasteiger partial charge on any atom is -0.375 e. The third-order valence-electron chi connectivity index (χ3n) is 4.20. The van der Waals surface area contributed by atoms with E-state index in [9.17, 15) is 0 Å². The molecular weight excluding hydrogens is 310 g/mol. The maximum atomic E-state index is 6.07. The Morgan fingerprint density at radius 3 is 2.94 bits per heavy atom. The highest BCUT2D eigenvalue weighted by molar-refractivity contribution is 9.11. The summed E-state index contributed by atoms with van der Waals surface area (Å²) < 4.78 is 7.29. The second-order valence-electron chi connectivity index (χ2n) is 5.52. The van der Waals surface area contributed by atoms with E-state index in [1.165, 1.54) is 40.8 Å². The Bertz CT molecular complexity index is 400. The van der Waals surface area contributed by atoms with Crippen molar-refractivity contribution in [1.29, 1.82) is 0 Å². The zero-order valence-corrected chi connectivity index (χ0v) is 13.0. The molecule has 0 radical (unpaired) electrons. The topological polar surface area (TPSA) is 21.3 Å². The normalized spacial score (nSPS) is 26.8. The summed E-state index contributed by atoms with van der Waals surface area (Å²) in [7, 11) is 0. The van der Waals surface area contributed by atoms with Crippen LogP contribution in [0.15, 0.2) is 15.9 Å². The highest BCUT2D eigenvalue weighted by Gasteiger charge is 2.39. The maximum Gasteiger partial charge on any atom is 0.0701 e. The van der Waals surface area contributed by atoms with E-state index in [-0.39, 0.29) is 5.60 Å². The van der Waals surface area contributed by atoms with Crippen molar-refractivity contribution >= 4 is 27.3 Å². The first kappa shape index (κ1) is 13.1. The fourth-order valence-corrected chi connectivity index (χ4v) is 4.70. The Kier molecular flexibility index (Phi) is 4.09. The van der Waals surface area contributed by atoms with Crippen molar-refractivity contribution < 1.29 is 4.74 Å². The molecular formula is C14H20BrNOS. The van der Waals surface area contributed by atoms with E-state index in [2.05, 4.69) is 33.4 Å². The van der Waals surface area contributed by atoms with Gasteiger partial charge >= 0.3 is 0 Å². The van der Waals surface area contributed by atoms with Crippen LogP contribution < -0.4 is 5.32 Å². The molecule has 1 N–H and O–H groups in total. The number of hydrogen-bond donors (Lipinski definition) is 1. The fourth-order valence-electron chi connectivity index (χ4n) is 3.26. The summed E-state index contributed by atoms with van der Waals surface area (Å²) in [5.41, 5.74) is 0.228. The summed E-state index contributed by atoms with van der Waals surface area (Å²) in [6.45, 7) is 1.93. The van der Waals surface area contributed by atoms with Gasteiger partial charge in [-0.3, -0.25) is 0 Å². The molecule has 0 amide bonds. The molecule has 1 atom stereocenters. The third-order valence-corrected chi connectivity index (χ3v) is 5.83. The average molecular weight is 330 g/mol. The van der Waals surface area contributed by atoms with E-state index >= 15 is 0 Å². The molecule has 3 rings (SSSR count). The maximum absolute atomic E-state index is 6.07. The van der Waals surface area contributed by atoms with Crippen LogP contribution >= 0.6 is 27.3 Å². The second-order valence-corrected chi connectivity index (χ2v) is 8.06. The molecule has 0 aromatic carbocycles. The lowest BCUT2D eigenvalue weighted by molar-refractivity contribution is -0.0837. The predicted molar refractivity (Wildman–Crippen MR) is 79.0 cm³/mol. The molecule has 1 aromatic heterocycles. The van der Waals surface area contributed by atoms with Crippen molar-refractivity contribution in [3.8, 4) is 0 Å². The molecule has 2 aliphatic rings. The Morgan fingerprint density at radius 2 is 2.22 bits per heavy atom. The number of nitrogens with one attached hydrogen (secondary N) is 1. The first-order chi connectivity index (χ1) is 8.76. The van der Waals surface area contributed by atoms with Crippen LogP contribution in [0.2, 0.25) is 0 Å². The highest BCUT2D eigenvalue weighted by Crippen LogP contribution is 2.40. The molecule has 1 aliphatic heterocycles. The summed E-state index contributed by atoms with van der Waals surface area (Å²) in [6.07, 6.45) is 7.62. The van der Waals surface area contributed by atoms with Gasteiger partial charge in [0.1, 0.15) is 0 Å². The van der Waals surface area contributed by atoms with Gasteiger partial charge in [0.15, 0.2) is 0 Å². The molecule has 0 bridgehead atoms. The van der Waals surface area contributed by atoms with Crippen molar-refractivity contribution in [3.63, 3.8) is 0 Å². The molecule has 1 saturated heterocycles. The number of halogens is 1. The van der Waals surface area contributed by atoms with Crippen LogP contribution in [0, 0.1) is 0 Å². The Balaban J connectivity index is 1.53. The third kappa shape index (κ3) is 2.98. The molecule has 2 nitrogen and oxygen atoms in total. The van der Waals surface area contributed by atoms with Crippen LogP contribution in [0.4, 0.5) is 0 Å². The van der Waals surface area contributed by atoms with Gasteiger partial charge in [0.2, 0.25) is 0 Å². The molecule has 4 heteroatoms. The van der Waals surface area contributed by atoms with Gasteiger partial charge in [-0.25, -0.2) is 0 Å².